The lowest BCUT2D eigenvalue weighted by molar-refractivity contribution is -0.287. The molecule has 21 heavy (non-hydrogen) atoms. The van der Waals surface area contributed by atoms with Gasteiger partial charge < -0.3 is 29.9 Å². The second-order valence-corrected chi connectivity index (χ2v) is 5.38. The van der Waals surface area contributed by atoms with Crippen molar-refractivity contribution in [2.24, 2.45) is 0 Å². The van der Waals surface area contributed by atoms with E-state index in [1.165, 1.54) is 0 Å². The van der Waals surface area contributed by atoms with Crippen LogP contribution in [0.25, 0.3) is 0 Å². The van der Waals surface area contributed by atoms with E-state index in [0.717, 1.165) is 32.1 Å². The van der Waals surface area contributed by atoms with Gasteiger partial charge in [0.05, 0.1) is 0 Å². The number of aliphatic hydroxyl groups excluding tert-OH is 4. The highest BCUT2D eigenvalue weighted by Crippen LogP contribution is 2.20. The smallest absolute Gasteiger partial charge is 0.305 e. The lowest BCUT2D eigenvalue weighted by Gasteiger charge is -2.37. The van der Waals surface area contributed by atoms with Gasteiger partial charge in [-0.2, -0.15) is 0 Å². The van der Waals surface area contributed by atoms with Crippen molar-refractivity contribution in [3.8, 4) is 0 Å². The molecular weight excluding hydrogens is 280 g/mol. The molecule has 1 saturated heterocycles. The van der Waals surface area contributed by atoms with Crippen molar-refractivity contribution in [2.75, 3.05) is 6.61 Å². The molecule has 0 aliphatic carbocycles. The number of hydrogen-bond donors (Lipinski definition) is 4. The van der Waals surface area contributed by atoms with Gasteiger partial charge in [-0.25, -0.2) is 0 Å². The number of ether oxygens (including phenoxy) is 2. The monoisotopic (exact) mass is 306 g/mol. The molecule has 0 spiro atoms. The first-order chi connectivity index (χ1) is 9.97. The molecule has 0 aromatic heterocycles. The minimum absolute atomic E-state index is 0.268. The molecule has 124 valence electrons. The molecule has 0 radical (unpaired) electrons. The topological polar surface area (TPSA) is 116 Å². The third kappa shape index (κ3) is 5.88. The summed E-state index contributed by atoms with van der Waals surface area (Å²) in [7, 11) is 0. The van der Waals surface area contributed by atoms with Crippen LogP contribution in [0.1, 0.15) is 45.4 Å². The van der Waals surface area contributed by atoms with Gasteiger partial charge in [0.1, 0.15) is 31.0 Å². The fourth-order valence-corrected chi connectivity index (χ4v) is 2.19. The van der Waals surface area contributed by atoms with Gasteiger partial charge in [-0.15, -0.1) is 0 Å². The summed E-state index contributed by atoms with van der Waals surface area (Å²) in [6, 6.07) is 0. The highest BCUT2D eigenvalue weighted by Gasteiger charge is 2.43. The highest BCUT2D eigenvalue weighted by molar-refractivity contribution is 5.69. The Bertz CT molecular complexity index is 310. The maximum absolute atomic E-state index is 11.5. The minimum atomic E-state index is -1.61. The third-order valence-corrected chi connectivity index (χ3v) is 3.58. The van der Waals surface area contributed by atoms with E-state index in [4.69, 9.17) is 9.47 Å². The Labute approximate surface area is 124 Å². The lowest BCUT2D eigenvalue weighted by Crippen LogP contribution is -2.58. The first-order valence-corrected chi connectivity index (χ1v) is 7.50. The number of aliphatic hydroxyl groups is 4. The van der Waals surface area contributed by atoms with E-state index in [0.29, 0.717) is 6.42 Å². The molecule has 5 atom stereocenters. The van der Waals surface area contributed by atoms with Crippen LogP contribution in [-0.4, -0.2) is 63.7 Å². The van der Waals surface area contributed by atoms with E-state index in [2.05, 4.69) is 6.92 Å². The summed E-state index contributed by atoms with van der Waals surface area (Å²) in [5, 5.41) is 37.8. The number of unbranched alkanes of at least 4 members (excludes halogenated alkanes) is 4. The molecule has 7 nitrogen and oxygen atoms in total. The van der Waals surface area contributed by atoms with Crippen LogP contribution in [-0.2, 0) is 14.3 Å². The number of carbonyl (C=O) groups is 1. The molecular formula is C14H26O7. The first-order valence-electron chi connectivity index (χ1n) is 7.50. The Kier molecular flexibility index (Phi) is 8.13. The van der Waals surface area contributed by atoms with Gasteiger partial charge in [-0.3, -0.25) is 4.79 Å². The molecule has 4 N–H and O–H groups in total. The Morgan fingerprint density at radius 1 is 1.00 bits per heavy atom. The van der Waals surface area contributed by atoms with Crippen LogP contribution in [0, 0.1) is 0 Å². The molecule has 3 unspecified atom stereocenters. The quantitative estimate of drug-likeness (QED) is 0.359. The summed E-state index contributed by atoms with van der Waals surface area (Å²) in [6.45, 7) is 1.85. The van der Waals surface area contributed by atoms with E-state index in [-0.39, 0.29) is 6.61 Å². The highest BCUT2D eigenvalue weighted by atomic mass is 16.6. The largest absolute Gasteiger partial charge is 0.463 e. The summed E-state index contributed by atoms with van der Waals surface area (Å²) in [5.41, 5.74) is 0. The molecule has 1 aliphatic heterocycles. The predicted octanol–water partition coefficient (Wildman–Crippen LogP) is -0.310. The van der Waals surface area contributed by atoms with Crippen LogP contribution >= 0.6 is 0 Å². The Morgan fingerprint density at radius 3 is 2.33 bits per heavy atom. The van der Waals surface area contributed by atoms with Crippen LogP contribution in [0.3, 0.4) is 0 Å². The van der Waals surface area contributed by atoms with Crippen molar-refractivity contribution in [1.29, 1.82) is 0 Å². The third-order valence-electron chi connectivity index (χ3n) is 3.58. The minimum Gasteiger partial charge on any atom is -0.463 e. The molecule has 0 saturated carbocycles. The van der Waals surface area contributed by atoms with Gasteiger partial charge in [-0.05, 0) is 6.42 Å². The Hall–Kier alpha value is -0.730. The standard InChI is InChI=1S/C14H26O7/c1-2-3-4-5-6-7-10(15)20-8-9-11(16)12(17)13(18)14(19)21-9/h9,11-14,16-19H,2-8H2,1H3/t9-,11?,12+,13?,14?/m1/s1. The number of hydrogen-bond acceptors (Lipinski definition) is 7. The summed E-state index contributed by atoms with van der Waals surface area (Å²) < 4.78 is 9.87. The van der Waals surface area contributed by atoms with Crippen LogP contribution in [0.4, 0.5) is 0 Å². The normalized spacial score (nSPS) is 32.9. The van der Waals surface area contributed by atoms with Crippen molar-refractivity contribution in [1.82, 2.24) is 0 Å². The fraction of sp³-hybridized carbons (Fsp3) is 0.929. The molecule has 0 amide bonds. The lowest BCUT2D eigenvalue weighted by atomic mass is 9.99. The van der Waals surface area contributed by atoms with Crippen LogP contribution in [0.15, 0.2) is 0 Å². The maximum Gasteiger partial charge on any atom is 0.305 e. The summed E-state index contributed by atoms with van der Waals surface area (Å²) in [4.78, 5) is 11.5. The van der Waals surface area contributed by atoms with Gasteiger partial charge in [-0.1, -0.05) is 32.6 Å². The molecule has 0 bridgehead atoms. The zero-order valence-corrected chi connectivity index (χ0v) is 12.4. The van der Waals surface area contributed by atoms with Gasteiger partial charge >= 0.3 is 5.97 Å². The average molecular weight is 306 g/mol. The molecule has 1 fully saturated rings. The summed E-state index contributed by atoms with van der Waals surface area (Å²) >= 11 is 0. The number of carbonyl (C=O) groups excluding carboxylic acids is 1. The van der Waals surface area contributed by atoms with E-state index in [1.807, 2.05) is 0 Å². The van der Waals surface area contributed by atoms with E-state index < -0.39 is 36.7 Å². The van der Waals surface area contributed by atoms with Gasteiger partial charge in [0.25, 0.3) is 0 Å². The van der Waals surface area contributed by atoms with Crippen molar-refractivity contribution in [3.63, 3.8) is 0 Å². The summed E-state index contributed by atoms with van der Waals surface area (Å²) in [5.74, 6) is -0.405. The number of rotatable bonds is 8. The first kappa shape index (κ1) is 18.3. The SMILES string of the molecule is CCCCCCCC(=O)OC[C@H]1OC(O)C(O)[C@@H](O)C1O. The van der Waals surface area contributed by atoms with E-state index in [9.17, 15) is 25.2 Å². The second kappa shape index (κ2) is 9.32. The molecule has 0 aromatic carbocycles. The Balaban J connectivity index is 2.23. The molecule has 1 rings (SSSR count). The molecule has 1 aliphatic rings. The van der Waals surface area contributed by atoms with Crippen LogP contribution in [0.5, 0.6) is 0 Å². The van der Waals surface area contributed by atoms with E-state index in [1.54, 1.807) is 0 Å². The second-order valence-electron chi connectivity index (χ2n) is 5.38. The maximum atomic E-state index is 11.5. The predicted molar refractivity (Wildman–Crippen MR) is 73.2 cm³/mol. The molecule has 1 heterocycles. The zero-order valence-electron chi connectivity index (χ0n) is 12.4. The van der Waals surface area contributed by atoms with Gasteiger partial charge in [0.2, 0.25) is 0 Å². The van der Waals surface area contributed by atoms with Crippen molar-refractivity contribution in [3.05, 3.63) is 0 Å². The molecule has 7 heteroatoms. The van der Waals surface area contributed by atoms with Gasteiger partial charge in [0.15, 0.2) is 6.29 Å². The fourth-order valence-electron chi connectivity index (χ4n) is 2.19. The zero-order chi connectivity index (χ0) is 15.8. The van der Waals surface area contributed by atoms with Crippen LogP contribution in [0.2, 0.25) is 0 Å². The molecule has 0 aromatic rings. The van der Waals surface area contributed by atoms with Gasteiger partial charge in [0, 0.05) is 6.42 Å². The van der Waals surface area contributed by atoms with Crippen molar-refractivity contribution < 1.29 is 34.7 Å². The average Bonchev–Trinajstić information content (AvgIpc) is 2.47. The summed E-state index contributed by atoms with van der Waals surface area (Å²) in [6.07, 6.45) is -1.81. The Morgan fingerprint density at radius 2 is 1.67 bits per heavy atom. The van der Waals surface area contributed by atoms with E-state index >= 15 is 0 Å². The van der Waals surface area contributed by atoms with Crippen molar-refractivity contribution in [2.45, 2.75) is 76.2 Å². The number of esters is 1. The van der Waals surface area contributed by atoms with Crippen molar-refractivity contribution >= 4 is 5.97 Å². The van der Waals surface area contributed by atoms with Crippen LogP contribution < -0.4 is 0 Å².